The van der Waals surface area contributed by atoms with Crippen LogP contribution in [0.15, 0.2) is 36.6 Å². The summed E-state index contributed by atoms with van der Waals surface area (Å²) in [6, 6.07) is 0.671. The molecule has 1 nitrogen and oxygen atoms in total. The van der Waals surface area contributed by atoms with Gasteiger partial charge in [0.15, 0.2) is 0 Å². The molecule has 0 spiro atoms. The minimum atomic E-state index is 0.634. The van der Waals surface area contributed by atoms with E-state index in [0.717, 1.165) is 0 Å². The first kappa shape index (κ1) is 6.71. The lowest BCUT2D eigenvalue weighted by molar-refractivity contribution is 0.327. The van der Waals surface area contributed by atoms with Crippen LogP contribution in [0.25, 0.3) is 0 Å². The molecule has 0 amide bonds. The topological polar surface area (TPSA) is 3.24 Å². The van der Waals surface area contributed by atoms with Gasteiger partial charge in [0.25, 0.3) is 0 Å². The van der Waals surface area contributed by atoms with Gasteiger partial charge in [-0.1, -0.05) is 30.4 Å². The summed E-state index contributed by atoms with van der Waals surface area (Å²) in [6.07, 6.45) is 14.4. The molecule has 2 atom stereocenters. The van der Waals surface area contributed by atoms with E-state index in [1.807, 2.05) is 0 Å². The Morgan fingerprint density at radius 2 is 2.18 bits per heavy atom. The van der Waals surface area contributed by atoms with E-state index < -0.39 is 0 Å². The third kappa shape index (κ3) is 1.11. The standard InChI is InChI=1S/C10H13N/c1-11-8-7-9-5-3-2-4-6-10(9)11/h2-5,7-10H,6H2,1H3/t9-,10?/m1/s1. The quantitative estimate of drug-likeness (QED) is 0.506. The molecule has 0 bridgehead atoms. The molecule has 1 aliphatic carbocycles. The van der Waals surface area contributed by atoms with Crippen molar-refractivity contribution in [2.24, 2.45) is 5.92 Å². The third-order valence-electron chi connectivity index (χ3n) is 2.47. The maximum absolute atomic E-state index is 2.30. The molecule has 1 aliphatic heterocycles. The Bertz CT molecular complexity index is 225. The lowest BCUT2D eigenvalue weighted by Crippen LogP contribution is -2.26. The summed E-state index contributed by atoms with van der Waals surface area (Å²) in [7, 11) is 2.15. The zero-order chi connectivity index (χ0) is 7.68. The van der Waals surface area contributed by atoms with Gasteiger partial charge in [0.05, 0.1) is 0 Å². The molecule has 1 heterocycles. The van der Waals surface area contributed by atoms with Crippen molar-refractivity contribution in [3.05, 3.63) is 36.6 Å². The molecule has 0 N–H and O–H groups in total. The minimum Gasteiger partial charge on any atom is -0.376 e. The molecule has 0 saturated heterocycles. The summed E-state index contributed by atoms with van der Waals surface area (Å²) in [6.45, 7) is 0. The Kier molecular flexibility index (Phi) is 1.57. The smallest absolute Gasteiger partial charge is 0.0413 e. The average Bonchev–Trinajstić information content (AvgIpc) is 2.25. The van der Waals surface area contributed by atoms with Gasteiger partial charge in [-0.3, -0.25) is 0 Å². The molecule has 0 saturated carbocycles. The molecule has 2 aliphatic rings. The maximum atomic E-state index is 2.30. The van der Waals surface area contributed by atoms with Crippen molar-refractivity contribution < 1.29 is 0 Å². The first-order chi connectivity index (χ1) is 5.38. The maximum Gasteiger partial charge on any atom is 0.0413 e. The van der Waals surface area contributed by atoms with Crippen molar-refractivity contribution in [1.29, 1.82) is 0 Å². The van der Waals surface area contributed by atoms with Gasteiger partial charge in [-0.25, -0.2) is 0 Å². The van der Waals surface area contributed by atoms with E-state index in [4.69, 9.17) is 0 Å². The summed E-state index contributed by atoms with van der Waals surface area (Å²) in [5.74, 6) is 0.634. The Labute approximate surface area is 67.7 Å². The van der Waals surface area contributed by atoms with Gasteiger partial charge >= 0.3 is 0 Å². The van der Waals surface area contributed by atoms with Gasteiger partial charge in [0.2, 0.25) is 0 Å². The number of hydrogen-bond acceptors (Lipinski definition) is 1. The predicted molar refractivity (Wildman–Crippen MR) is 47.1 cm³/mol. The molecule has 2 rings (SSSR count). The van der Waals surface area contributed by atoms with E-state index in [1.54, 1.807) is 0 Å². The zero-order valence-corrected chi connectivity index (χ0v) is 6.77. The van der Waals surface area contributed by atoms with E-state index in [2.05, 4.69) is 48.5 Å². The highest BCUT2D eigenvalue weighted by Crippen LogP contribution is 2.25. The van der Waals surface area contributed by atoms with Gasteiger partial charge in [0, 0.05) is 19.0 Å². The van der Waals surface area contributed by atoms with Crippen molar-refractivity contribution in [3.8, 4) is 0 Å². The molecule has 11 heavy (non-hydrogen) atoms. The fraction of sp³-hybridized carbons (Fsp3) is 0.400. The third-order valence-corrected chi connectivity index (χ3v) is 2.47. The Morgan fingerprint density at radius 1 is 1.27 bits per heavy atom. The van der Waals surface area contributed by atoms with Crippen molar-refractivity contribution in [3.63, 3.8) is 0 Å². The second-order valence-corrected chi connectivity index (χ2v) is 3.20. The van der Waals surface area contributed by atoms with Crippen LogP contribution in [0.2, 0.25) is 0 Å². The van der Waals surface area contributed by atoms with Crippen molar-refractivity contribution in [1.82, 2.24) is 4.90 Å². The van der Waals surface area contributed by atoms with Crippen LogP contribution in [0.4, 0.5) is 0 Å². The fourth-order valence-corrected chi connectivity index (χ4v) is 1.75. The number of allylic oxidation sites excluding steroid dienone is 2. The largest absolute Gasteiger partial charge is 0.376 e. The highest BCUT2D eigenvalue weighted by atomic mass is 15.1. The Hall–Kier alpha value is -0.980. The summed E-state index contributed by atoms with van der Waals surface area (Å²) < 4.78 is 0. The van der Waals surface area contributed by atoms with Crippen LogP contribution in [0, 0.1) is 5.92 Å². The number of rotatable bonds is 0. The lowest BCUT2D eigenvalue weighted by Gasteiger charge is -2.22. The van der Waals surface area contributed by atoms with Crippen LogP contribution < -0.4 is 0 Å². The minimum absolute atomic E-state index is 0.634. The Balaban J connectivity index is 2.21. The predicted octanol–water partition coefficient (Wildman–Crippen LogP) is 1.95. The van der Waals surface area contributed by atoms with Gasteiger partial charge in [-0.2, -0.15) is 0 Å². The van der Waals surface area contributed by atoms with Crippen LogP contribution in [-0.2, 0) is 0 Å². The molecule has 0 aromatic rings. The van der Waals surface area contributed by atoms with Crippen LogP contribution in [0.3, 0.4) is 0 Å². The monoisotopic (exact) mass is 147 g/mol. The van der Waals surface area contributed by atoms with Crippen LogP contribution in [-0.4, -0.2) is 18.0 Å². The second kappa shape index (κ2) is 2.57. The number of fused-ring (bicyclic) bond motifs is 1. The SMILES string of the molecule is CN1C=C[C@H]2C=CC=CCC21. The van der Waals surface area contributed by atoms with Crippen molar-refractivity contribution in [2.75, 3.05) is 7.05 Å². The van der Waals surface area contributed by atoms with Crippen LogP contribution >= 0.6 is 0 Å². The molecule has 0 aromatic heterocycles. The first-order valence-electron chi connectivity index (χ1n) is 4.11. The van der Waals surface area contributed by atoms with Crippen molar-refractivity contribution >= 4 is 0 Å². The van der Waals surface area contributed by atoms with Crippen LogP contribution in [0.1, 0.15) is 6.42 Å². The average molecular weight is 147 g/mol. The highest BCUT2D eigenvalue weighted by molar-refractivity contribution is 5.19. The van der Waals surface area contributed by atoms with Crippen LogP contribution in [0.5, 0.6) is 0 Å². The van der Waals surface area contributed by atoms with Gasteiger partial charge in [-0.05, 0) is 12.6 Å². The molecular formula is C10H13N. The molecule has 1 unspecified atom stereocenters. The summed E-state index contributed by atoms with van der Waals surface area (Å²) >= 11 is 0. The van der Waals surface area contributed by atoms with E-state index in [0.29, 0.717) is 12.0 Å². The van der Waals surface area contributed by atoms with Gasteiger partial charge < -0.3 is 4.90 Å². The molecule has 0 fully saturated rings. The molecule has 58 valence electrons. The van der Waals surface area contributed by atoms with E-state index in [9.17, 15) is 0 Å². The molecule has 0 aromatic carbocycles. The summed E-state index contributed by atoms with van der Waals surface area (Å²) in [5, 5.41) is 0. The second-order valence-electron chi connectivity index (χ2n) is 3.20. The van der Waals surface area contributed by atoms with Gasteiger partial charge in [0.1, 0.15) is 0 Å². The highest BCUT2D eigenvalue weighted by Gasteiger charge is 2.23. The summed E-state index contributed by atoms with van der Waals surface area (Å²) in [4.78, 5) is 2.30. The number of hydrogen-bond donors (Lipinski definition) is 0. The number of nitrogens with zero attached hydrogens (tertiary/aromatic N) is 1. The Morgan fingerprint density at radius 3 is 3.09 bits per heavy atom. The van der Waals surface area contributed by atoms with E-state index in [1.165, 1.54) is 6.42 Å². The molecular weight excluding hydrogens is 134 g/mol. The zero-order valence-electron chi connectivity index (χ0n) is 6.77. The molecule has 0 radical (unpaired) electrons. The van der Waals surface area contributed by atoms with E-state index >= 15 is 0 Å². The first-order valence-corrected chi connectivity index (χ1v) is 4.11. The van der Waals surface area contributed by atoms with E-state index in [-0.39, 0.29) is 0 Å². The van der Waals surface area contributed by atoms with Crippen molar-refractivity contribution in [2.45, 2.75) is 12.5 Å². The van der Waals surface area contributed by atoms with Gasteiger partial charge in [-0.15, -0.1) is 0 Å². The fourth-order valence-electron chi connectivity index (χ4n) is 1.75. The normalized spacial score (nSPS) is 34.1. The summed E-state index contributed by atoms with van der Waals surface area (Å²) in [5.41, 5.74) is 0. The lowest BCUT2D eigenvalue weighted by atomic mass is 10.0. The molecule has 1 heteroatoms.